The Bertz CT molecular complexity index is 1320. The number of hydrogen-bond donors (Lipinski definition) is 1. The van der Waals surface area contributed by atoms with Gasteiger partial charge in [-0.15, -0.1) is 0 Å². The maximum Gasteiger partial charge on any atom is 0.332 e. The van der Waals surface area contributed by atoms with Crippen LogP contribution in [-0.2, 0) is 13.6 Å². The Kier molecular flexibility index (Phi) is 4.40. The van der Waals surface area contributed by atoms with Crippen molar-refractivity contribution in [3.8, 4) is 5.69 Å². The second-order valence-corrected chi connectivity index (χ2v) is 7.21. The second-order valence-electron chi connectivity index (χ2n) is 6.78. The van der Waals surface area contributed by atoms with Crippen molar-refractivity contribution in [1.29, 1.82) is 0 Å². The van der Waals surface area contributed by atoms with Crippen molar-refractivity contribution in [2.45, 2.75) is 26.8 Å². The lowest BCUT2D eigenvalue weighted by Crippen LogP contribution is -2.39. The largest absolute Gasteiger partial charge is 0.396 e. The van der Waals surface area contributed by atoms with Crippen LogP contribution in [0.25, 0.3) is 22.6 Å². The lowest BCUT2D eigenvalue weighted by molar-refractivity contribution is 0.277. The number of halogens is 1. The summed E-state index contributed by atoms with van der Waals surface area (Å²) in [5, 5.41) is 9.73. The molecule has 0 saturated heterocycles. The van der Waals surface area contributed by atoms with Gasteiger partial charge in [0.25, 0.3) is 5.56 Å². The number of benzene rings is 1. The van der Waals surface area contributed by atoms with E-state index in [9.17, 15) is 9.59 Å². The summed E-state index contributed by atoms with van der Waals surface area (Å²) in [5.41, 5.74) is 2.48. The molecule has 0 unspecified atom stereocenters. The number of aliphatic hydroxyl groups is 1. The summed E-state index contributed by atoms with van der Waals surface area (Å²) in [6.45, 7) is 3.93. The molecule has 0 radical (unpaired) electrons. The molecule has 0 saturated carbocycles. The SMILES string of the molecule is Cc1c(C)n2c3c(=O)n(CCCO)c(=O)n(C)c3nc2n1-c1ccc(Cl)cc1. The van der Waals surface area contributed by atoms with E-state index < -0.39 is 11.2 Å². The Morgan fingerprint density at radius 2 is 1.79 bits per heavy atom. The third kappa shape index (κ3) is 2.52. The Hall–Kier alpha value is -2.84. The molecule has 1 aromatic carbocycles. The number of fused-ring (bicyclic) bond motifs is 3. The van der Waals surface area contributed by atoms with Crippen molar-refractivity contribution in [1.82, 2.24) is 23.1 Å². The molecule has 3 heterocycles. The predicted molar refractivity (Wildman–Crippen MR) is 108 cm³/mol. The van der Waals surface area contributed by atoms with Gasteiger partial charge in [0, 0.05) is 42.3 Å². The number of rotatable bonds is 4. The Labute approximate surface area is 164 Å². The summed E-state index contributed by atoms with van der Waals surface area (Å²) in [6.07, 6.45) is 0.326. The average molecular weight is 402 g/mol. The summed E-state index contributed by atoms with van der Waals surface area (Å²) >= 11 is 6.01. The maximum atomic E-state index is 13.1. The molecular weight excluding hydrogens is 382 g/mol. The van der Waals surface area contributed by atoms with Crippen LogP contribution < -0.4 is 11.2 Å². The van der Waals surface area contributed by atoms with Crippen LogP contribution >= 0.6 is 11.6 Å². The quantitative estimate of drug-likeness (QED) is 0.565. The minimum atomic E-state index is -0.445. The number of nitrogens with zero attached hydrogens (tertiary/aromatic N) is 5. The van der Waals surface area contributed by atoms with Gasteiger partial charge in [-0.2, -0.15) is 4.98 Å². The molecular formula is C19H20ClN5O3. The molecule has 0 spiro atoms. The molecule has 146 valence electrons. The normalized spacial score (nSPS) is 11.8. The molecule has 3 aromatic heterocycles. The van der Waals surface area contributed by atoms with E-state index in [0.717, 1.165) is 21.6 Å². The van der Waals surface area contributed by atoms with E-state index in [1.807, 2.05) is 30.5 Å². The zero-order valence-electron chi connectivity index (χ0n) is 15.8. The number of aliphatic hydroxyl groups excluding tert-OH is 1. The van der Waals surface area contributed by atoms with Crippen LogP contribution in [0, 0.1) is 13.8 Å². The Balaban J connectivity index is 2.13. The van der Waals surface area contributed by atoms with Crippen LogP contribution in [-0.4, -0.2) is 34.8 Å². The Morgan fingerprint density at radius 3 is 2.43 bits per heavy atom. The Morgan fingerprint density at radius 1 is 1.11 bits per heavy atom. The molecule has 0 bridgehead atoms. The van der Waals surface area contributed by atoms with Gasteiger partial charge in [-0.1, -0.05) is 11.6 Å². The molecule has 9 heteroatoms. The number of aryl methyl sites for hydroxylation is 2. The summed E-state index contributed by atoms with van der Waals surface area (Å²) in [6, 6.07) is 7.35. The molecule has 0 amide bonds. The topological polar surface area (TPSA) is 86.5 Å². The molecule has 1 N–H and O–H groups in total. The lowest BCUT2D eigenvalue weighted by Gasteiger charge is -2.08. The summed E-state index contributed by atoms with van der Waals surface area (Å²) in [7, 11) is 1.60. The van der Waals surface area contributed by atoms with Gasteiger partial charge in [-0.05, 0) is 44.5 Å². The van der Waals surface area contributed by atoms with Crippen LogP contribution in [0.1, 0.15) is 17.8 Å². The zero-order chi connectivity index (χ0) is 20.2. The zero-order valence-corrected chi connectivity index (χ0v) is 16.6. The first-order chi connectivity index (χ1) is 13.4. The summed E-state index contributed by atoms with van der Waals surface area (Å²) < 4.78 is 6.26. The third-order valence-corrected chi connectivity index (χ3v) is 5.40. The smallest absolute Gasteiger partial charge is 0.332 e. The predicted octanol–water partition coefficient (Wildman–Crippen LogP) is 1.79. The average Bonchev–Trinajstić information content (AvgIpc) is 3.17. The number of aromatic nitrogens is 5. The fourth-order valence-electron chi connectivity index (χ4n) is 3.58. The molecule has 8 nitrogen and oxygen atoms in total. The first-order valence-electron chi connectivity index (χ1n) is 8.93. The fraction of sp³-hybridized carbons (Fsp3) is 0.316. The van der Waals surface area contributed by atoms with E-state index in [1.54, 1.807) is 23.6 Å². The highest BCUT2D eigenvalue weighted by Crippen LogP contribution is 2.25. The molecule has 0 aliphatic heterocycles. The second kappa shape index (κ2) is 6.65. The van der Waals surface area contributed by atoms with Crippen LogP contribution in [0.4, 0.5) is 0 Å². The van der Waals surface area contributed by atoms with Gasteiger partial charge >= 0.3 is 5.69 Å². The van der Waals surface area contributed by atoms with Gasteiger partial charge in [0.15, 0.2) is 11.2 Å². The van der Waals surface area contributed by atoms with Crippen LogP contribution in [0.15, 0.2) is 33.9 Å². The highest BCUT2D eigenvalue weighted by molar-refractivity contribution is 6.30. The van der Waals surface area contributed by atoms with Gasteiger partial charge in [-0.3, -0.25) is 22.9 Å². The third-order valence-electron chi connectivity index (χ3n) is 5.14. The van der Waals surface area contributed by atoms with E-state index in [1.165, 1.54) is 4.57 Å². The summed E-state index contributed by atoms with van der Waals surface area (Å²) in [4.78, 5) is 30.4. The first-order valence-corrected chi connectivity index (χ1v) is 9.31. The maximum absolute atomic E-state index is 13.1. The molecule has 0 atom stereocenters. The van der Waals surface area contributed by atoms with Crippen molar-refractivity contribution >= 4 is 28.5 Å². The van der Waals surface area contributed by atoms with Crippen LogP contribution in [0.3, 0.4) is 0 Å². The van der Waals surface area contributed by atoms with Crippen LogP contribution in [0.5, 0.6) is 0 Å². The van der Waals surface area contributed by atoms with Gasteiger partial charge in [0.1, 0.15) is 0 Å². The highest BCUT2D eigenvalue weighted by Gasteiger charge is 2.23. The minimum absolute atomic E-state index is 0.0967. The van der Waals surface area contributed by atoms with E-state index >= 15 is 0 Å². The van der Waals surface area contributed by atoms with Crippen molar-refractivity contribution in [3.63, 3.8) is 0 Å². The lowest BCUT2D eigenvalue weighted by atomic mass is 10.3. The number of hydrogen-bond acceptors (Lipinski definition) is 4. The van der Waals surface area contributed by atoms with Gasteiger partial charge < -0.3 is 5.11 Å². The van der Waals surface area contributed by atoms with Crippen molar-refractivity contribution in [2.75, 3.05) is 6.61 Å². The molecule has 0 aliphatic rings. The van der Waals surface area contributed by atoms with Crippen molar-refractivity contribution < 1.29 is 5.11 Å². The van der Waals surface area contributed by atoms with Crippen molar-refractivity contribution in [2.24, 2.45) is 7.05 Å². The van der Waals surface area contributed by atoms with Gasteiger partial charge in [-0.25, -0.2) is 4.79 Å². The van der Waals surface area contributed by atoms with E-state index in [0.29, 0.717) is 28.4 Å². The van der Waals surface area contributed by atoms with Crippen LogP contribution in [0.2, 0.25) is 5.02 Å². The highest BCUT2D eigenvalue weighted by atomic mass is 35.5. The fourth-order valence-corrected chi connectivity index (χ4v) is 3.70. The molecule has 4 rings (SSSR count). The molecule has 0 aliphatic carbocycles. The molecule has 4 aromatic rings. The minimum Gasteiger partial charge on any atom is -0.396 e. The van der Waals surface area contributed by atoms with Gasteiger partial charge in [0.2, 0.25) is 5.78 Å². The molecule has 28 heavy (non-hydrogen) atoms. The molecule has 0 fully saturated rings. The first kappa shape index (κ1) is 18.5. The van der Waals surface area contributed by atoms with E-state index in [-0.39, 0.29) is 13.2 Å². The number of imidazole rings is 2. The standard InChI is InChI=1S/C19H20ClN5O3/c1-11-12(2)25-15-16(22(3)19(28)23(17(15)27)9-4-10-26)21-18(25)24(11)14-7-5-13(20)6-8-14/h5-8,26H,4,9-10H2,1-3H3. The van der Waals surface area contributed by atoms with Crippen molar-refractivity contribution in [3.05, 3.63) is 61.5 Å². The van der Waals surface area contributed by atoms with Gasteiger partial charge in [0.05, 0.1) is 0 Å². The van der Waals surface area contributed by atoms with E-state index in [2.05, 4.69) is 4.98 Å². The van der Waals surface area contributed by atoms with E-state index in [4.69, 9.17) is 16.7 Å². The summed E-state index contributed by atoms with van der Waals surface area (Å²) in [5.74, 6) is 0.555. The monoisotopic (exact) mass is 401 g/mol.